The number of hydrogen-bond donors (Lipinski definition) is 0. The van der Waals surface area contributed by atoms with Gasteiger partial charge in [-0.05, 0) is 60.9 Å². The van der Waals surface area contributed by atoms with Gasteiger partial charge in [0, 0.05) is 93.8 Å². The van der Waals surface area contributed by atoms with E-state index in [9.17, 15) is 50.4 Å². The second-order valence-corrected chi connectivity index (χ2v) is 21.2. The molecule has 0 aromatic carbocycles. The summed E-state index contributed by atoms with van der Waals surface area (Å²) in [6.07, 6.45) is 27.8. The zero-order valence-corrected chi connectivity index (χ0v) is 39.4. The SMILES string of the molecule is C.C=CN1C=CN(CCCSCCCN2C=CN(C=C)C2)C1.C=CN1C=CN(CCSCC)C1.CCCCN1C=CN(CCSCC)C1.F[P-](F)(F)(F)(F)F.F[P-](F)(F)(F)(F)F. The Hall–Kier alpha value is -2.35. The van der Waals surface area contributed by atoms with Gasteiger partial charge >= 0.3 is 66.0 Å². The Bertz CT molecular complexity index is 1310. The molecule has 0 amide bonds. The van der Waals surface area contributed by atoms with Gasteiger partial charge in [-0.3, -0.25) is 0 Å². The summed E-state index contributed by atoms with van der Waals surface area (Å²) >= 11 is 6.07. The van der Waals surface area contributed by atoms with E-state index in [0.717, 1.165) is 46.3 Å². The molecule has 370 valence electrons. The van der Waals surface area contributed by atoms with E-state index >= 15 is 0 Å². The van der Waals surface area contributed by atoms with Gasteiger partial charge in [0.15, 0.2) is 0 Å². The van der Waals surface area contributed by atoms with Crippen molar-refractivity contribution < 1.29 is 50.4 Å². The fourth-order valence-corrected chi connectivity index (χ4v) is 7.08. The summed E-state index contributed by atoms with van der Waals surface area (Å²) in [6, 6.07) is 0. The minimum atomic E-state index is -10.7. The summed E-state index contributed by atoms with van der Waals surface area (Å²) in [7, 11) is -21.3. The number of unbranched alkanes of at least 4 members (excludes halogenated alkanes) is 1. The summed E-state index contributed by atoms with van der Waals surface area (Å²) in [6.45, 7) is 27.7. The molecule has 0 aromatic rings. The Morgan fingerprint density at radius 2 is 0.694 bits per heavy atom. The molecule has 0 saturated heterocycles. The molecule has 25 heteroatoms. The van der Waals surface area contributed by atoms with E-state index in [2.05, 4.69) is 141 Å². The molecule has 0 spiro atoms. The van der Waals surface area contributed by atoms with E-state index in [1.165, 1.54) is 73.3 Å². The third-order valence-corrected chi connectivity index (χ3v) is 10.6. The number of halogens is 12. The molecule has 4 heterocycles. The van der Waals surface area contributed by atoms with Crippen LogP contribution in [0.3, 0.4) is 0 Å². The number of hydrogen-bond acceptors (Lipinski definition) is 11. The topological polar surface area (TPSA) is 25.9 Å². The van der Waals surface area contributed by atoms with Gasteiger partial charge in [0.1, 0.15) is 0 Å². The van der Waals surface area contributed by atoms with Crippen LogP contribution in [0, 0.1) is 0 Å². The molecule has 0 N–H and O–H groups in total. The average Bonchev–Trinajstić information content (AvgIpc) is 3.97. The molecular formula is C37H68F12N8P2S3-2. The monoisotopic (exact) mass is 1010 g/mol. The summed E-state index contributed by atoms with van der Waals surface area (Å²) in [5.74, 6) is 7.40. The molecule has 0 fully saturated rings. The molecular weight excluding hydrogens is 943 g/mol. The number of thioether (sulfide) groups is 3. The van der Waals surface area contributed by atoms with Crippen LogP contribution in [-0.2, 0) is 0 Å². The van der Waals surface area contributed by atoms with Gasteiger partial charge in [-0.25, -0.2) is 0 Å². The Morgan fingerprint density at radius 1 is 0.419 bits per heavy atom. The third kappa shape index (κ3) is 45.7. The van der Waals surface area contributed by atoms with Crippen LogP contribution in [0.5, 0.6) is 0 Å². The van der Waals surface area contributed by atoms with E-state index in [-0.39, 0.29) is 7.43 Å². The van der Waals surface area contributed by atoms with Crippen LogP contribution < -0.4 is 0 Å². The molecule has 0 aliphatic carbocycles. The molecule has 0 bridgehead atoms. The van der Waals surface area contributed by atoms with Crippen LogP contribution in [-0.4, -0.2) is 133 Å². The first kappa shape index (κ1) is 61.7. The first-order chi connectivity index (χ1) is 27.9. The van der Waals surface area contributed by atoms with Crippen LogP contribution in [0.25, 0.3) is 0 Å². The fraction of sp³-hybridized carbons (Fsp3) is 0.622. The van der Waals surface area contributed by atoms with Crippen molar-refractivity contribution in [2.24, 2.45) is 0 Å². The molecule has 62 heavy (non-hydrogen) atoms. The van der Waals surface area contributed by atoms with Crippen LogP contribution in [0.4, 0.5) is 50.4 Å². The van der Waals surface area contributed by atoms with E-state index in [4.69, 9.17) is 0 Å². The first-order valence-electron chi connectivity index (χ1n) is 19.4. The molecule has 0 radical (unpaired) electrons. The molecule has 0 atom stereocenters. The molecule has 8 nitrogen and oxygen atoms in total. The Balaban J connectivity index is 0. The summed E-state index contributed by atoms with van der Waals surface area (Å²) < 4.78 is 118. The maximum atomic E-state index is 9.87. The van der Waals surface area contributed by atoms with Gasteiger partial charge < -0.3 is 39.2 Å². The average molecular weight is 1010 g/mol. The number of nitrogens with zero attached hydrogens (tertiary/aromatic N) is 8. The minimum absolute atomic E-state index is 0. The zero-order chi connectivity index (χ0) is 46.8. The molecule has 4 aliphatic heterocycles. The van der Waals surface area contributed by atoms with E-state index in [1.54, 1.807) is 0 Å². The van der Waals surface area contributed by atoms with Gasteiger partial charge in [0.2, 0.25) is 0 Å². The van der Waals surface area contributed by atoms with Gasteiger partial charge in [0.25, 0.3) is 0 Å². The number of rotatable bonds is 22. The van der Waals surface area contributed by atoms with E-state index < -0.39 is 15.6 Å². The van der Waals surface area contributed by atoms with Crippen molar-refractivity contribution in [2.75, 3.05) is 93.9 Å². The van der Waals surface area contributed by atoms with E-state index in [0.29, 0.717) is 0 Å². The Labute approximate surface area is 374 Å². The van der Waals surface area contributed by atoms with Gasteiger partial charge in [-0.2, -0.15) is 35.3 Å². The van der Waals surface area contributed by atoms with Gasteiger partial charge in [-0.15, -0.1) is 0 Å². The second kappa shape index (κ2) is 27.2. The third-order valence-electron chi connectivity index (χ3n) is 7.72. The molecule has 0 saturated carbocycles. The fourth-order valence-electron chi connectivity index (χ4n) is 4.90. The first-order valence-corrected chi connectivity index (χ1v) is 26.9. The molecule has 0 unspecified atom stereocenters. The molecule has 4 rings (SSSR count). The maximum absolute atomic E-state index is 10.7. The molecule has 0 aromatic heterocycles. The Morgan fingerprint density at radius 3 is 0.984 bits per heavy atom. The van der Waals surface area contributed by atoms with Gasteiger partial charge in [-0.1, -0.05) is 54.4 Å². The van der Waals surface area contributed by atoms with Crippen LogP contribution in [0.15, 0.2) is 87.9 Å². The summed E-state index contributed by atoms with van der Waals surface area (Å²) in [5.41, 5.74) is 0. The van der Waals surface area contributed by atoms with Crippen LogP contribution in [0.1, 0.15) is 53.9 Å². The van der Waals surface area contributed by atoms with Gasteiger partial charge in [0.05, 0.1) is 26.7 Å². The van der Waals surface area contributed by atoms with Crippen LogP contribution in [0.2, 0.25) is 0 Å². The normalized spacial score (nSPS) is 17.6. The van der Waals surface area contributed by atoms with Crippen molar-refractivity contribution >= 4 is 50.9 Å². The summed E-state index contributed by atoms with van der Waals surface area (Å²) in [5, 5.41) is 0. The van der Waals surface area contributed by atoms with Crippen molar-refractivity contribution in [3.63, 3.8) is 0 Å². The van der Waals surface area contributed by atoms with Crippen LogP contribution >= 0.6 is 50.9 Å². The summed E-state index contributed by atoms with van der Waals surface area (Å²) in [4.78, 5) is 18.0. The zero-order valence-electron chi connectivity index (χ0n) is 35.1. The predicted octanol–water partition coefficient (Wildman–Crippen LogP) is 14.8. The van der Waals surface area contributed by atoms with Crippen molar-refractivity contribution in [1.82, 2.24) is 39.2 Å². The van der Waals surface area contributed by atoms with Crippen molar-refractivity contribution in [3.05, 3.63) is 87.9 Å². The quantitative estimate of drug-likeness (QED) is 0.0589. The van der Waals surface area contributed by atoms with Crippen molar-refractivity contribution in [1.29, 1.82) is 0 Å². The van der Waals surface area contributed by atoms with Crippen molar-refractivity contribution in [3.8, 4) is 0 Å². The van der Waals surface area contributed by atoms with Crippen molar-refractivity contribution in [2.45, 2.75) is 53.9 Å². The molecule has 4 aliphatic rings. The second-order valence-electron chi connectivity index (χ2n) is 13.4. The Kier molecular flexibility index (Phi) is 27.1. The predicted molar refractivity (Wildman–Crippen MR) is 247 cm³/mol. The standard InChI is InChI=1S/C16H26N4S.C11H22N2S.C9H16N2S.CH4.2F6P/c1-3-17-9-11-19(15-17)7-5-13-21-14-6-8-20-12-10-18(4-2)16-20;1-3-5-6-12-7-8-13(11-12)9-10-14-4-2;1-3-10-5-6-11(9-10)7-8-12-4-2;;2*1-7(2,3,4,5)6/h3-4,9-12H,1-2,5-8,13-16H2;7-8H,3-6,9-11H2,1-2H3;3,5-6H,1,4,7-9H2,2H3;1H4;;/q;;;;2*-1. The van der Waals surface area contributed by atoms with E-state index in [1.807, 2.05) is 42.1 Å².